The van der Waals surface area contributed by atoms with Gasteiger partial charge >= 0.3 is 0 Å². The molecule has 0 aliphatic heterocycles. The van der Waals surface area contributed by atoms with Crippen LogP contribution in [0.3, 0.4) is 0 Å². The maximum absolute atomic E-state index is 9.45. The first kappa shape index (κ1) is 13.0. The normalized spacial score (nSPS) is 12.9. The molecule has 90 valence electrons. The van der Waals surface area contributed by atoms with Crippen LogP contribution in [0.5, 0.6) is 5.75 Å². The van der Waals surface area contributed by atoms with E-state index in [9.17, 15) is 5.11 Å². The van der Waals surface area contributed by atoms with E-state index in [1.165, 1.54) is 5.56 Å². The maximum atomic E-state index is 9.45. The van der Waals surface area contributed by atoms with E-state index in [4.69, 9.17) is 4.74 Å². The number of hydrogen-bond acceptors (Lipinski definition) is 3. The van der Waals surface area contributed by atoms with Crippen molar-refractivity contribution in [3.8, 4) is 5.75 Å². The summed E-state index contributed by atoms with van der Waals surface area (Å²) in [5.74, 6) is 0.873. The Morgan fingerprint density at radius 2 is 1.94 bits per heavy atom. The van der Waals surface area contributed by atoms with Gasteiger partial charge < -0.3 is 14.7 Å². The first-order valence-corrected chi connectivity index (χ1v) is 5.43. The molecule has 0 saturated heterocycles. The van der Waals surface area contributed by atoms with E-state index >= 15 is 0 Å². The Hall–Kier alpha value is -1.06. The van der Waals surface area contributed by atoms with Gasteiger partial charge in [-0.15, -0.1) is 0 Å². The molecule has 0 spiro atoms. The maximum Gasteiger partial charge on any atom is 0.126 e. The zero-order valence-electron chi connectivity index (χ0n) is 10.7. The molecule has 0 amide bonds. The van der Waals surface area contributed by atoms with Crippen molar-refractivity contribution in [2.24, 2.45) is 0 Å². The number of ether oxygens (including phenoxy) is 1. The smallest absolute Gasteiger partial charge is 0.126 e. The Morgan fingerprint density at radius 3 is 2.38 bits per heavy atom. The van der Waals surface area contributed by atoms with E-state index in [-0.39, 0.29) is 12.6 Å². The highest BCUT2D eigenvalue weighted by atomic mass is 16.5. The monoisotopic (exact) mass is 223 g/mol. The summed E-state index contributed by atoms with van der Waals surface area (Å²) in [4.78, 5) is 2.00. The largest absolute Gasteiger partial charge is 0.496 e. The lowest BCUT2D eigenvalue weighted by molar-refractivity contribution is 0.168. The second kappa shape index (κ2) is 5.32. The van der Waals surface area contributed by atoms with Crippen LogP contribution in [0.2, 0.25) is 0 Å². The van der Waals surface area contributed by atoms with Crippen LogP contribution >= 0.6 is 0 Å². The summed E-state index contributed by atoms with van der Waals surface area (Å²) >= 11 is 0. The molecular weight excluding hydrogens is 202 g/mol. The third-order valence-electron chi connectivity index (χ3n) is 2.81. The standard InChI is InChI=1S/C13H21NO2/c1-9-6-10(2)13(16-5)11(7-9)12(8-15)14(3)4/h6-7,12,15H,8H2,1-5H3. The molecule has 3 heteroatoms. The fraction of sp³-hybridized carbons (Fsp3) is 0.538. The summed E-state index contributed by atoms with van der Waals surface area (Å²) in [5.41, 5.74) is 3.35. The number of aryl methyl sites for hydroxylation is 2. The van der Waals surface area contributed by atoms with Crippen molar-refractivity contribution in [1.29, 1.82) is 0 Å². The van der Waals surface area contributed by atoms with E-state index in [1.807, 2.05) is 25.9 Å². The molecule has 1 rings (SSSR count). The van der Waals surface area contributed by atoms with Crippen LogP contribution in [0.1, 0.15) is 22.7 Å². The minimum atomic E-state index is -0.0199. The van der Waals surface area contributed by atoms with Crippen molar-refractivity contribution < 1.29 is 9.84 Å². The molecule has 0 radical (unpaired) electrons. The molecule has 1 aromatic rings. The van der Waals surface area contributed by atoms with Gasteiger partial charge in [0.1, 0.15) is 5.75 Å². The molecule has 1 unspecified atom stereocenters. The topological polar surface area (TPSA) is 32.7 Å². The molecule has 0 fully saturated rings. The van der Waals surface area contributed by atoms with Gasteiger partial charge in [-0.25, -0.2) is 0 Å². The summed E-state index contributed by atoms with van der Waals surface area (Å²) in [6, 6.07) is 4.15. The number of benzene rings is 1. The average molecular weight is 223 g/mol. The van der Waals surface area contributed by atoms with Crippen molar-refractivity contribution in [3.63, 3.8) is 0 Å². The van der Waals surface area contributed by atoms with E-state index in [2.05, 4.69) is 19.1 Å². The third-order valence-corrected chi connectivity index (χ3v) is 2.81. The summed E-state index contributed by atoms with van der Waals surface area (Å²) in [6.45, 7) is 4.17. The lowest BCUT2D eigenvalue weighted by Gasteiger charge is -2.25. The van der Waals surface area contributed by atoms with Crippen molar-refractivity contribution in [1.82, 2.24) is 4.90 Å². The number of likely N-dealkylation sites (N-methyl/N-ethyl adjacent to an activating group) is 1. The van der Waals surface area contributed by atoms with Crippen LogP contribution in [0.4, 0.5) is 0 Å². The molecule has 1 aromatic carbocycles. The Kier molecular flexibility index (Phi) is 4.33. The second-order valence-corrected chi connectivity index (χ2v) is 4.37. The Morgan fingerprint density at radius 1 is 1.31 bits per heavy atom. The van der Waals surface area contributed by atoms with Gasteiger partial charge in [-0.2, -0.15) is 0 Å². The molecular formula is C13H21NO2. The highest BCUT2D eigenvalue weighted by molar-refractivity contribution is 5.45. The predicted octanol–water partition coefficient (Wildman–Crippen LogP) is 1.91. The van der Waals surface area contributed by atoms with Gasteiger partial charge in [0.2, 0.25) is 0 Å². The Balaban J connectivity index is 3.29. The van der Waals surface area contributed by atoms with Gasteiger partial charge in [-0.3, -0.25) is 0 Å². The first-order valence-electron chi connectivity index (χ1n) is 5.43. The number of hydrogen-bond donors (Lipinski definition) is 1. The highest BCUT2D eigenvalue weighted by Crippen LogP contribution is 2.32. The molecule has 0 aliphatic rings. The molecule has 0 bridgehead atoms. The second-order valence-electron chi connectivity index (χ2n) is 4.37. The summed E-state index contributed by atoms with van der Waals surface area (Å²) < 4.78 is 5.43. The minimum Gasteiger partial charge on any atom is -0.496 e. The van der Waals surface area contributed by atoms with Gasteiger partial charge in [-0.1, -0.05) is 17.7 Å². The van der Waals surface area contributed by atoms with Crippen LogP contribution in [0.25, 0.3) is 0 Å². The average Bonchev–Trinajstić information content (AvgIpc) is 2.17. The van der Waals surface area contributed by atoms with Crippen LogP contribution in [-0.2, 0) is 0 Å². The number of rotatable bonds is 4. The van der Waals surface area contributed by atoms with Crippen LogP contribution in [-0.4, -0.2) is 37.8 Å². The van der Waals surface area contributed by atoms with E-state index in [0.717, 1.165) is 16.9 Å². The molecule has 0 aliphatic carbocycles. The lowest BCUT2D eigenvalue weighted by Crippen LogP contribution is -2.24. The fourth-order valence-corrected chi connectivity index (χ4v) is 2.05. The number of methoxy groups -OCH3 is 1. The summed E-state index contributed by atoms with van der Waals surface area (Å²) in [6.07, 6.45) is 0. The molecule has 0 heterocycles. The molecule has 0 aromatic heterocycles. The van der Waals surface area contributed by atoms with E-state index < -0.39 is 0 Å². The number of nitrogens with zero attached hydrogens (tertiary/aromatic N) is 1. The molecule has 0 saturated carbocycles. The van der Waals surface area contributed by atoms with Crippen molar-refractivity contribution in [2.75, 3.05) is 27.8 Å². The quantitative estimate of drug-likeness (QED) is 0.846. The number of aliphatic hydroxyl groups is 1. The van der Waals surface area contributed by atoms with Gasteiger partial charge in [0.05, 0.1) is 19.8 Å². The first-order chi connectivity index (χ1) is 7.51. The van der Waals surface area contributed by atoms with Crippen LogP contribution in [0, 0.1) is 13.8 Å². The predicted molar refractivity (Wildman–Crippen MR) is 66.0 cm³/mol. The Bertz CT molecular complexity index is 361. The Labute approximate surface area is 97.7 Å². The van der Waals surface area contributed by atoms with Gasteiger partial charge in [-0.05, 0) is 33.5 Å². The zero-order valence-corrected chi connectivity index (χ0v) is 10.7. The van der Waals surface area contributed by atoms with Crippen molar-refractivity contribution >= 4 is 0 Å². The van der Waals surface area contributed by atoms with Gasteiger partial charge in [0, 0.05) is 5.56 Å². The third kappa shape index (κ3) is 2.54. The minimum absolute atomic E-state index is 0.0199. The van der Waals surface area contributed by atoms with Crippen LogP contribution in [0.15, 0.2) is 12.1 Å². The van der Waals surface area contributed by atoms with Crippen molar-refractivity contribution in [2.45, 2.75) is 19.9 Å². The van der Waals surface area contributed by atoms with Gasteiger partial charge in [0.25, 0.3) is 0 Å². The molecule has 3 nitrogen and oxygen atoms in total. The molecule has 1 atom stereocenters. The zero-order chi connectivity index (χ0) is 12.3. The van der Waals surface area contributed by atoms with E-state index in [0.29, 0.717) is 0 Å². The summed E-state index contributed by atoms with van der Waals surface area (Å²) in [5, 5.41) is 9.45. The lowest BCUT2D eigenvalue weighted by atomic mass is 9.99. The number of aliphatic hydroxyl groups excluding tert-OH is 1. The SMILES string of the molecule is COc1c(C)cc(C)cc1C(CO)N(C)C. The molecule has 16 heavy (non-hydrogen) atoms. The van der Waals surface area contributed by atoms with Gasteiger partial charge in [0.15, 0.2) is 0 Å². The fourth-order valence-electron chi connectivity index (χ4n) is 2.05. The van der Waals surface area contributed by atoms with Crippen LogP contribution < -0.4 is 4.74 Å². The summed E-state index contributed by atoms with van der Waals surface area (Å²) in [7, 11) is 5.58. The highest BCUT2D eigenvalue weighted by Gasteiger charge is 2.19. The molecule has 1 N–H and O–H groups in total. The van der Waals surface area contributed by atoms with Crippen molar-refractivity contribution in [3.05, 3.63) is 28.8 Å². The van der Waals surface area contributed by atoms with E-state index in [1.54, 1.807) is 7.11 Å².